The zero-order chi connectivity index (χ0) is 15.2. The summed E-state index contributed by atoms with van der Waals surface area (Å²) in [5, 5.41) is 0.269. The van der Waals surface area contributed by atoms with Crippen LogP contribution in [0.5, 0.6) is 5.75 Å². The van der Waals surface area contributed by atoms with Gasteiger partial charge in [-0.15, -0.1) is 0 Å². The second-order valence-electron chi connectivity index (χ2n) is 6.05. The highest BCUT2D eigenvalue weighted by atomic mass is 35.5. The molecule has 3 nitrogen and oxygen atoms in total. The van der Waals surface area contributed by atoms with Crippen LogP contribution in [0.4, 0.5) is 8.78 Å². The van der Waals surface area contributed by atoms with Gasteiger partial charge in [-0.05, 0) is 12.1 Å². The molecule has 1 aromatic heterocycles. The van der Waals surface area contributed by atoms with Crippen LogP contribution in [0.25, 0.3) is 0 Å². The molecule has 1 atom stereocenters. The molecule has 1 aliphatic heterocycles. The fraction of sp³-hybridized carbons (Fsp3) is 0.571. The maximum Gasteiger partial charge on any atom is 0.286 e. The van der Waals surface area contributed by atoms with Crippen molar-refractivity contribution in [2.75, 3.05) is 6.54 Å². The average molecular weight is 303 g/mol. The van der Waals surface area contributed by atoms with Crippen molar-refractivity contribution in [1.29, 1.82) is 0 Å². The molecule has 0 N–H and O–H groups in total. The number of hydrogen-bond donors (Lipinski definition) is 0. The van der Waals surface area contributed by atoms with E-state index in [-0.39, 0.29) is 17.4 Å². The van der Waals surface area contributed by atoms with Gasteiger partial charge < -0.3 is 4.74 Å². The van der Waals surface area contributed by atoms with Gasteiger partial charge in [-0.3, -0.25) is 4.99 Å². The maximum absolute atomic E-state index is 14.3. The molecule has 0 saturated carbocycles. The summed E-state index contributed by atoms with van der Waals surface area (Å²) in [7, 11) is 0. The van der Waals surface area contributed by atoms with Gasteiger partial charge >= 0.3 is 0 Å². The van der Waals surface area contributed by atoms with Gasteiger partial charge in [0.25, 0.3) is 5.92 Å². The highest BCUT2D eigenvalue weighted by Gasteiger charge is 2.60. The Hall–Kier alpha value is -1.23. The van der Waals surface area contributed by atoms with E-state index in [4.69, 9.17) is 16.3 Å². The molecule has 0 aromatic carbocycles. The SMILES string of the molecule is CC(C)(C)[C@@]1(C(C)(F)F)CN=Cc2nc(Cl)ccc2O1. The van der Waals surface area contributed by atoms with Crippen LogP contribution in [0.1, 0.15) is 33.4 Å². The number of nitrogens with zero attached hydrogens (tertiary/aromatic N) is 2. The topological polar surface area (TPSA) is 34.5 Å². The van der Waals surface area contributed by atoms with E-state index in [1.807, 2.05) is 0 Å². The minimum atomic E-state index is -3.07. The summed E-state index contributed by atoms with van der Waals surface area (Å²) in [5.41, 5.74) is -2.19. The largest absolute Gasteiger partial charge is 0.476 e. The molecule has 0 fully saturated rings. The van der Waals surface area contributed by atoms with Gasteiger partial charge in [0.2, 0.25) is 0 Å². The first kappa shape index (κ1) is 15.2. The van der Waals surface area contributed by atoms with E-state index < -0.39 is 16.9 Å². The van der Waals surface area contributed by atoms with Gasteiger partial charge in [0, 0.05) is 12.3 Å². The standard InChI is InChI=1S/C14H17ClF2N2O/c1-12(2,3)14(13(4,16)17)8-18-7-9-10(20-14)5-6-11(15)19-9/h5-7H,8H2,1-4H3/t14-/m1/s1. The minimum absolute atomic E-state index is 0.145. The first-order chi connectivity index (χ1) is 9.07. The van der Waals surface area contributed by atoms with Crippen LogP contribution >= 0.6 is 11.6 Å². The summed E-state index contributed by atoms with van der Waals surface area (Å²) in [6.45, 7) is 5.87. The van der Waals surface area contributed by atoms with Crippen LogP contribution in [0.3, 0.4) is 0 Å². The number of pyridine rings is 1. The van der Waals surface area contributed by atoms with E-state index >= 15 is 0 Å². The molecule has 0 spiro atoms. The Morgan fingerprint density at radius 3 is 2.45 bits per heavy atom. The number of aliphatic imine (C=N–C) groups is 1. The maximum atomic E-state index is 14.3. The summed E-state index contributed by atoms with van der Waals surface area (Å²) >= 11 is 5.80. The fourth-order valence-electron chi connectivity index (χ4n) is 2.37. The molecule has 2 heterocycles. The van der Waals surface area contributed by atoms with Crippen molar-refractivity contribution in [2.45, 2.75) is 39.2 Å². The summed E-state index contributed by atoms with van der Waals surface area (Å²) in [6, 6.07) is 3.06. The molecule has 2 rings (SSSR count). The van der Waals surface area contributed by atoms with Crippen LogP contribution in [0, 0.1) is 5.41 Å². The summed E-state index contributed by atoms with van der Waals surface area (Å²) in [5.74, 6) is -2.80. The molecule has 1 aromatic rings. The van der Waals surface area contributed by atoms with E-state index in [0.29, 0.717) is 5.69 Å². The first-order valence-electron chi connectivity index (χ1n) is 6.30. The lowest BCUT2D eigenvalue weighted by molar-refractivity contribution is -0.196. The van der Waals surface area contributed by atoms with Crippen molar-refractivity contribution < 1.29 is 13.5 Å². The zero-order valence-corrected chi connectivity index (χ0v) is 12.6. The molecule has 6 heteroatoms. The van der Waals surface area contributed by atoms with E-state index in [1.54, 1.807) is 26.8 Å². The lowest BCUT2D eigenvalue weighted by Crippen LogP contribution is -2.62. The van der Waals surface area contributed by atoms with Gasteiger partial charge in [-0.1, -0.05) is 32.4 Å². The number of hydrogen-bond acceptors (Lipinski definition) is 3. The van der Waals surface area contributed by atoms with E-state index in [2.05, 4.69) is 9.98 Å². The van der Waals surface area contributed by atoms with Gasteiger partial charge in [-0.2, -0.15) is 0 Å². The molecule has 0 saturated heterocycles. The Labute approximate surface area is 122 Å². The number of fused-ring (bicyclic) bond motifs is 1. The monoisotopic (exact) mass is 302 g/mol. The highest BCUT2D eigenvalue weighted by Crippen LogP contribution is 2.47. The summed E-state index contributed by atoms with van der Waals surface area (Å²) in [4.78, 5) is 8.14. The number of ether oxygens (including phenoxy) is 1. The summed E-state index contributed by atoms with van der Waals surface area (Å²) < 4.78 is 34.3. The smallest absolute Gasteiger partial charge is 0.286 e. The lowest BCUT2D eigenvalue weighted by Gasteiger charge is -2.46. The Bertz CT molecular complexity index is 533. The summed E-state index contributed by atoms with van der Waals surface area (Å²) in [6.07, 6.45) is 1.43. The molecule has 20 heavy (non-hydrogen) atoms. The van der Waals surface area contributed by atoms with Crippen LogP contribution in [0.15, 0.2) is 17.1 Å². The second kappa shape index (κ2) is 4.65. The fourth-order valence-corrected chi connectivity index (χ4v) is 2.53. The molecule has 110 valence electrons. The van der Waals surface area contributed by atoms with Crippen molar-refractivity contribution in [3.05, 3.63) is 23.0 Å². The third kappa shape index (κ3) is 2.39. The number of alkyl halides is 2. The molecule has 0 bridgehead atoms. The molecule has 0 aliphatic carbocycles. The van der Waals surface area contributed by atoms with Crippen LogP contribution < -0.4 is 4.74 Å². The average Bonchev–Trinajstić information content (AvgIpc) is 2.46. The molecule has 1 aliphatic rings. The van der Waals surface area contributed by atoms with Crippen molar-refractivity contribution in [3.63, 3.8) is 0 Å². The number of aromatic nitrogens is 1. The van der Waals surface area contributed by atoms with Crippen LogP contribution in [-0.4, -0.2) is 29.3 Å². The van der Waals surface area contributed by atoms with Gasteiger partial charge in [0.05, 0.1) is 12.8 Å². The number of rotatable bonds is 1. The predicted molar refractivity (Wildman–Crippen MR) is 75.1 cm³/mol. The Balaban J connectivity index is 2.58. The second-order valence-corrected chi connectivity index (χ2v) is 6.44. The van der Waals surface area contributed by atoms with Crippen molar-refractivity contribution in [1.82, 2.24) is 4.98 Å². The first-order valence-corrected chi connectivity index (χ1v) is 6.68. The Morgan fingerprint density at radius 1 is 1.25 bits per heavy atom. The van der Waals surface area contributed by atoms with E-state index in [1.165, 1.54) is 12.3 Å². The third-order valence-electron chi connectivity index (χ3n) is 3.58. The van der Waals surface area contributed by atoms with Crippen molar-refractivity contribution >= 4 is 17.8 Å². The van der Waals surface area contributed by atoms with Gasteiger partial charge in [-0.25, -0.2) is 13.8 Å². The zero-order valence-electron chi connectivity index (χ0n) is 11.9. The minimum Gasteiger partial charge on any atom is -0.476 e. The quantitative estimate of drug-likeness (QED) is 0.735. The van der Waals surface area contributed by atoms with Gasteiger partial charge in [0.1, 0.15) is 16.6 Å². The third-order valence-corrected chi connectivity index (χ3v) is 3.79. The predicted octanol–water partition coefficient (Wildman–Crippen LogP) is 3.99. The Morgan fingerprint density at radius 2 is 1.90 bits per heavy atom. The molecule has 0 amide bonds. The van der Waals surface area contributed by atoms with E-state index in [0.717, 1.165) is 6.92 Å². The van der Waals surface area contributed by atoms with Crippen molar-refractivity contribution in [3.8, 4) is 5.75 Å². The number of halogens is 3. The van der Waals surface area contributed by atoms with Crippen LogP contribution in [-0.2, 0) is 0 Å². The lowest BCUT2D eigenvalue weighted by atomic mass is 9.72. The van der Waals surface area contributed by atoms with E-state index in [9.17, 15) is 8.78 Å². The molecule has 0 radical (unpaired) electrons. The van der Waals surface area contributed by atoms with Crippen molar-refractivity contribution in [2.24, 2.45) is 10.4 Å². The normalized spacial score (nSPS) is 22.9. The molecular weight excluding hydrogens is 286 g/mol. The van der Waals surface area contributed by atoms with Crippen LogP contribution in [0.2, 0.25) is 5.15 Å². The molecular formula is C14H17ClF2N2O. The molecule has 0 unspecified atom stereocenters. The van der Waals surface area contributed by atoms with Gasteiger partial charge in [0.15, 0.2) is 5.60 Å². The Kier molecular flexibility index (Phi) is 3.53. The highest BCUT2D eigenvalue weighted by molar-refractivity contribution is 6.29.